The first-order chi connectivity index (χ1) is 6.90. The van der Waals surface area contributed by atoms with Gasteiger partial charge in [-0.2, -0.15) is 0 Å². The molecule has 1 aromatic rings. The van der Waals surface area contributed by atoms with Crippen LogP contribution in [0, 0.1) is 0 Å². The Morgan fingerprint density at radius 3 is 2.64 bits per heavy atom. The SMILES string of the molecule is COc1ccc(C2CCC=CO2)cc1. The van der Waals surface area contributed by atoms with Crippen LogP contribution in [0.5, 0.6) is 5.75 Å². The summed E-state index contributed by atoms with van der Waals surface area (Å²) in [5.74, 6) is 0.889. The van der Waals surface area contributed by atoms with E-state index in [9.17, 15) is 0 Å². The van der Waals surface area contributed by atoms with Crippen molar-refractivity contribution in [2.75, 3.05) is 7.11 Å². The van der Waals surface area contributed by atoms with Gasteiger partial charge < -0.3 is 9.47 Å². The van der Waals surface area contributed by atoms with Crippen LogP contribution < -0.4 is 4.74 Å². The summed E-state index contributed by atoms with van der Waals surface area (Å²) < 4.78 is 10.6. The third kappa shape index (κ3) is 1.90. The van der Waals surface area contributed by atoms with Crippen LogP contribution >= 0.6 is 0 Å². The molecule has 1 aliphatic rings. The van der Waals surface area contributed by atoms with Crippen LogP contribution in [0.2, 0.25) is 0 Å². The summed E-state index contributed by atoms with van der Waals surface area (Å²) >= 11 is 0. The van der Waals surface area contributed by atoms with E-state index < -0.39 is 0 Å². The minimum atomic E-state index is 0.214. The summed E-state index contributed by atoms with van der Waals surface area (Å²) in [5, 5.41) is 0. The molecule has 2 heteroatoms. The maximum absolute atomic E-state index is 5.52. The second-order valence-corrected chi connectivity index (χ2v) is 3.35. The molecule has 1 unspecified atom stereocenters. The van der Waals surface area contributed by atoms with Crippen LogP contribution in [0.3, 0.4) is 0 Å². The number of ether oxygens (including phenoxy) is 2. The highest BCUT2D eigenvalue weighted by molar-refractivity contribution is 5.28. The summed E-state index contributed by atoms with van der Waals surface area (Å²) in [6.45, 7) is 0. The first-order valence-corrected chi connectivity index (χ1v) is 4.84. The molecule has 0 aromatic heterocycles. The minimum Gasteiger partial charge on any atom is -0.497 e. The minimum absolute atomic E-state index is 0.214. The van der Waals surface area contributed by atoms with Gasteiger partial charge in [0.2, 0.25) is 0 Å². The lowest BCUT2D eigenvalue weighted by Crippen LogP contribution is -2.03. The van der Waals surface area contributed by atoms with Gasteiger partial charge in [-0.05, 0) is 36.6 Å². The van der Waals surface area contributed by atoms with E-state index >= 15 is 0 Å². The van der Waals surface area contributed by atoms with E-state index in [1.165, 1.54) is 5.56 Å². The van der Waals surface area contributed by atoms with Crippen molar-refractivity contribution in [1.82, 2.24) is 0 Å². The number of allylic oxidation sites excluding steroid dienone is 1. The lowest BCUT2D eigenvalue weighted by Gasteiger charge is -2.19. The van der Waals surface area contributed by atoms with Gasteiger partial charge in [0.1, 0.15) is 11.9 Å². The highest BCUT2D eigenvalue weighted by Gasteiger charge is 2.12. The van der Waals surface area contributed by atoms with Gasteiger partial charge in [-0.3, -0.25) is 0 Å². The van der Waals surface area contributed by atoms with Gasteiger partial charge in [0.05, 0.1) is 13.4 Å². The number of rotatable bonds is 2. The Morgan fingerprint density at radius 1 is 1.29 bits per heavy atom. The average molecular weight is 190 g/mol. The van der Waals surface area contributed by atoms with E-state index in [-0.39, 0.29) is 6.10 Å². The van der Waals surface area contributed by atoms with Crippen molar-refractivity contribution in [3.05, 3.63) is 42.2 Å². The number of hydrogen-bond acceptors (Lipinski definition) is 2. The fraction of sp³-hybridized carbons (Fsp3) is 0.333. The van der Waals surface area contributed by atoms with Crippen LogP contribution in [0.4, 0.5) is 0 Å². The molecule has 0 saturated heterocycles. The molecule has 74 valence electrons. The summed E-state index contributed by atoms with van der Waals surface area (Å²) in [4.78, 5) is 0. The zero-order valence-electron chi connectivity index (χ0n) is 8.27. The largest absolute Gasteiger partial charge is 0.497 e. The van der Waals surface area contributed by atoms with Crippen molar-refractivity contribution in [3.63, 3.8) is 0 Å². The van der Waals surface area contributed by atoms with Gasteiger partial charge >= 0.3 is 0 Å². The molecule has 1 aliphatic heterocycles. The van der Waals surface area contributed by atoms with E-state index in [1.54, 1.807) is 13.4 Å². The first kappa shape index (κ1) is 9.13. The third-order valence-electron chi connectivity index (χ3n) is 2.42. The molecule has 0 N–H and O–H groups in total. The van der Waals surface area contributed by atoms with Gasteiger partial charge in [0.25, 0.3) is 0 Å². The van der Waals surface area contributed by atoms with Crippen LogP contribution in [0.1, 0.15) is 24.5 Å². The predicted molar refractivity (Wildman–Crippen MR) is 55.2 cm³/mol. The Bertz CT molecular complexity index is 314. The van der Waals surface area contributed by atoms with Crippen molar-refractivity contribution < 1.29 is 9.47 Å². The normalized spacial score (nSPS) is 20.2. The van der Waals surface area contributed by atoms with Gasteiger partial charge in [-0.1, -0.05) is 12.1 Å². The van der Waals surface area contributed by atoms with Crippen LogP contribution in [0.25, 0.3) is 0 Å². The zero-order valence-corrected chi connectivity index (χ0v) is 8.27. The summed E-state index contributed by atoms with van der Waals surface area (Å²) in [5.41, 5.74) is 1.22. The molecule has 1 atom stereocenters. The molecular weight excluding hydrogens is 176 g/mol. The van der Waals surface area contributed by atoms with Crippen molar-refractivity contribution in [1.29, 1.82) is 0 Å². The molecule has 0 aliphatic carbocycles. The molecule has 0 fully saturated rings. The van der Waals surface area contributed by atoms with Crippen molar-refractivity contribution in [2.45, 2.75) is 18.9 Å². The van der Waals surface area contributed by atoms with Crippen molar-refractivity contribution >= 4 is 0 Å². The Kier molecular flexibility index (Phi) is 2.73. The molecule has 14 heavy (non-hydrogen) atoms. The van der Waals surface area contributed by atoms with Gasteiger partial charge in [0.15, 0.2) is 0 Å². The van der Waals surface area contributed by atoms with E-state index in [0.717, 1.165) is 18.6 Å². The number of methoxy groups -OCH3 is 1. The van der Waals surface area contributed by atoms with Crippen LogP contribution in [-0.2, 0) is 4.74 Å². The topological polar surface area (TPSA) is 18.5 Å². The summed E-state index contributed by atoms with van der Waals surface area (Å²) in [7, 11) is 1.68. The lowest BCUT2D eigenvalue weighted by molar-refractivity contribution is 0.125. The quantitative estimate of drug-likeness (QED) is 0.713. The van der Waals surface area contributed by atoms with Crippen molar-refractivity contribution in [3.8, 4) is 5.75 Å². The molecule has 0 amide bonds. The molecule has 2 rings (SSSR count). The zero-order chi connectivity index (χ0) is 9.80. The Balaban J connectivity index is 2.12. The predicted octanol–water partition coefficient (Wildman–Crippen LogP) is 3.06. The smallest absolute Gasteiger partial charge is 0.123 e. The molecular formula is C12H14O2. The van der Waals surface area contributed by atoms with Gasteiger partial charge in [-0.15, -0.1) is 0 Å². The highest BCUT2D eigenvalue weighted by Crippen LogP contribution is 2.27. The van der Waals surface area contributed by atoms with Crippen molar-refractivity contribution in [2.24, 2.45) is 0 Å². The van der Waals surface area contributed by atoms with E-state index in [4.69, 9.17) is 9.47 Å². The van der Waals surface area contributed by atoms with E-state index in [2.05, 4.69) is 18.2 Å². The fourth-order valence-electron chi connectivity index (χ4n) is 1.60. The Morgan fingerprint density at radius 2 is 2.07 bits per heavy atom. The molecule has 0 bridgehead atoms. The lowest BCUT2D eigenvalue weighted by atomic mass is 10.0. The maximum Gasteiger partial charge on any atom is 0.123 e. The molecule has 0 radical (unpaired) electrons. The summed E-state index contributed by atoms with van der Waals surface area (Å²) in [6.07, 6.45) is 6.21. The Hall–Kier alpha value is -1.44. The van der Waals surface area contributed by atoms with Gasteiger partial charge in [0, 0.05) is 0 Å². The van der Waals surface area contributed by atoms with Crippen LogP contribution in [-0.4, -0.2) is 7.11 Å². The van der Waals surface area contributed by atoms with E-state index in [0.29, 0.717) is 0 Å². The fourth-order valence-corrected chi connectivity index (χ4v) is 1.60. The number of hydrogen-bond donors (Lipinski definition) is 0. The molecule has 1 aromatic carbocycles. The molecule has 2 nitrogen and oxygen atoms in total. The molecule has 0 spiro atoms. The molecule has 0 saturated carbocycles. The molecule has 1 heterocycles. The monoisotopic (exact) mass is 190 g/mol. The summed E-state index contributed by atoms with van der Waals surface area (Å²) in [6, 6.07) is 8.05. The number of benzene rings is 1. The Labute approximate surface area is 84.2 Å². The first-order valence-electron chi connectivity index (χ1n) is 4.84. The average Bonchev–Trinajstić information content (AvgIpc) is 2.30. The van der Waals surface area contributed by atoms with Crippen LogP contribution in [0.15, 0.2) is 36.6 Å². The standard InChI is InChI=1S/C12H14O2/c1-13-11-7-5-10(6-8-11)12-4-2-3-9-14-12/h3,5-9,12H,2,4H2,1H3. The highest BCUT2D eigenvalue weighted by atomic mass is 16.5. The second kappa shape index (κ2) is 4.18. The third-order valence-corrected chi connectivity index (χ3v) is 2.42. The second-order valence-electron chi connectivity index (χ2n) is 3.35. The maximum atomic E-state index is 5.52. The van der Waals surface area contributed by atoms with Gasteiger partial charge in [-0.25, -0.2) is 0 Å². The van der Waals surface area contributed by atoms with E-state index in [1.807, 2.05) is 12.1 Å².